The molecule has 7 nitrogen and oxygen atoms in total. The van der Waals surface area contributed by atoms with Gasteiger partial charge in [-0.25, -0.2) is 4.79 Å². The fourth-order valence-electron chi connectivity index (χ4n) is 2.79. The summed E-state index contributed by atoms with van der Waals surface area (Å²) in [6, 6.07) is 21.2. The van der Waals surface area contributed by atoms with Crippen molar-refractivity contribution in [1.82, 2.24) is 5.32 Å². The Morgan fingerprint density at radius 3 is 1.83 bits per heavy atom. The fourth-order valence-corrected chi connectivity index (χ4v) is 4.52. The molecule has 0 saturated carbocycles. The summed E-state index contributed by atoms with van der Waals surface area (Å²) in [5.74, 6) is -0.381. The van der Waals surface area contributed by atoms with Gasteiger partial charge in [0.05, 0.1) is 29.5 Å². The van der Waals surface area contributed by atoms with Crippen LogP contribution in [-0.4, -0.2) is 55.4 Å². The number of rotatable bonds is 11. The van der Waals surface area contributed by atoms with Crippen LogP contribution in [0.3, 0.4) is 0 Å². The van der Waals surface area contributed by atoms with Crippen molar-refractivity contribution >= 4 is 57.1 Å². The standard InChI is InChI=1S/C17H16BrNO3S.C9H10O3S/c1-22-11-23-16-5-3-2-4-14(16)17(21)19-10-15(20)12-6-8-13(18)9-7-12;1-12-6-13-8-5-3-2-4-7(8)9(10)11/h2-9H,10-11H2,1H3,(H,19,21);2-5H,6H2,1H3,(H,10,11). The average molecular weight is 593 g/mol. The zero-order valence-corrected chi connectivity index (χ0v) is 23.0. The third-order valence-electron chi connectivity index (χ3n) is 4.49. The highest BCUT2D eigenvalue weighted by atomic mass is 79.9. The minimum Gasteiger partial charge on any atom is -0.478 e. The molecule has 0 atom stereocenters. The zero-order valence-electron chi connectivity index (χ0n) is 19.7. The van der Waals surface area contributed by atoms with E-state index in [-0.39, 0.29) is 18.2 Å². The van der Waals surface area contributed by atoms with Crippen LogP contribution in [0.5, 0.6) is 0 Å². The molecule has 0 spiro atoms. The van der Waals surface area contributed by atoms with Gasteiger partial charge in [-0.3, -0.25) is 9.59 Å². The number of carbonyl (C=O) groups is 3. The van der Waals surface area contributed by atoms with E-state index >= 15 is 0 Å². The van der Waals surface area contributed by atoms with E-state index in [1.54, 1.807) is 68.8 Å². The second-order valence-electron chi connectivity index (χ2n) is 7.01. The molecular weight excluding hydrogens is 566 g/mol. The Morgan fingerprint density at radius 2 is 1.31 bits per heavy atom. The SMILES string of the molecule is COCSc1ccccc1C(=O)NCC(=O)c1ccc(Br)cc1.COCSc1ccccc1C(=O)O. The third-order valence-corrected chi connectivity index (χ3v) is 7.06. The molecule has 3 aromatic carbocycles. The topological polar surface area (TPSA) is 102 Å². The van der Waals surface area contributed by atoms with Crippen LogP contribution >= 0.6 is 39.5 Å². The zero-order chi connectivity index (χ0) is 26.3. The number of ether oxygens (including phenoxy) is 2. The Kier molecular flexibility index (Phi) is 13.3. The van der Waals surface area contributed by atoms with Gasteiger partial charge < -0.3 is 19.9 Å². The highest BCUT2D eigenvalue weighted by Gasteiger charge is 2.13. The number of aromatic carboxylic acids is 1. The summed E-state index contributed by atoms with van der Waals surface area (Å²) in [6.07, 6.45) is 0. The number of halogens is 1. The number of nitrogens with one attached hydrogen (secondary N) is 1. The molecule has 0 heterocycles. The van der Waals surface area contributed by atoms with Crippen LogP contribution in [0.2, 0.25) is 0 Å². The first kappa shape index (κ1) is 29.6. The molecule has 0 aliphatic rings. The number of carbonyl (C=O) groups excluding carboxylic acids is 2. The van der Waals surface area contributed by atoms with Crippen LogP contribution in [0, 0.1) is 0 Å². The van der Waals surface area contributed by atoms with Gasteiger partial charge in [-0.2, -0.15) is 0 Å². The number of carboxylic acid groups (broad SMARTS) is 1. The van der Waals surface area contributed by atoms with Crippen LogP contribution in [0.25, 0.3) is 0 Å². The summed E-state index contributed by atoms with van der Waals surface area (Å²) in [6.45, 7) is -0.0380. The van der Waals surface area contributed by atoms with Gasteiger partial charge in [0.15, 0.2) is 5.78 Å². The van der Waals surface area contributed by atoms with Crippen molar-refractivity contribution in [3.05, 3.63) is 94.0 Å². The molecule has 3 aromatic rings. The number of thioether (sulfide) groups is 2. The van der Waals surface area contributed by atoms with Crippen molar-refractivity contribution < 1.29 is 29.0 Å². The lowest BCUT2D eigenvalue weighted by molar-refractivity contribution is 0.0692. The summed E-state index contributed by atoms with van der Waals surface area (Å²) in [5, 5.41) is 11.5. The molecule has 2 N–H and O–H groups in total. The van der Waals surface area contributed by atoms with Gasteiger partial charge in [0.2, 0.25) is 0 Å². The van der Waals surface area contributed by atoms with Crippen LogP contribution in [0.4, 0.5) is 0 Å². The van der Waals surface area contributed by atoms with E-state index in [0.29, 0.717) is 28.6 Å². The second-order valence-corrected chi connectivity index (χ2v) is 9.86. The lowest BCUT2D eigenvalue weighted by atomic mass is 10.1. The maximum absolute atomic E-state index is 12.3. The molecule has 1 amide bonds. The maximum atomic E-state index is 12.3. The molecule has 0 fully saturated rings. The Labute approximate surface area is 227 Å². The molecule has 0 aromatic heterocycles. The van der Waals surface area contributed by atoms with E-state index in [9.17, 15) is 14.4 Å². The molecule has 0 bridgehead atoms. The third kappa shape index (κ3) is 9.79. The number of Topliss-reactive ketones (excluding diaryl/α,β-unsaturated/α-hetero) is 1. The van der Waals surface area contributed by atoms with E-state index in [0.717, 1.165) is 14.3 Å². The molecule has 0 radical (unpaired) electrons. The lowest BCUT2D eigenvalue weighted by Crippen LogP contribution is -2.29. The minimum absolute atomic E-state index is 0.0380. The molecular formula is C26H26BrNO6S2. The van der Waals surface area contributed by atoms with E-state index in [2.05, 4.69) is 21.2 Å². The van der Waals surface area contributed by atoms with E-state index in [1.807, 2.05) is 18.2 Å². The number of hydrogen-bond donors (Lipinski definition) is 2. The Morgan fingerprint density at radius 1 is 0.806 bits per heavy atom. The number of benzene rings is 3. The Hall–Kier alpha value is -2.63. The summed E-state index contributed by atoms with van der Waals surface area (Å²) < 4.78 is 10.8. The van der Waals surface area contributed by atoms with Crippen molar-refractivity contribution in [2.75, 3.05) is 32.6 Å². The van der Waals surface area contributed by atoms with Gasteiger partial charge in [0.1, 0.15) is 0 Å². The van der Waals surface area contributed by atoms with Gasteiger partial charge >= 0.3 is 5.97 Å². The fraction of sp³-hybridized carbons (Fsp3) is 0.192. The molecule has 3 rings (SSSR count). The first-order valence-corrected chi connectivity index (χ1v) is 13.4. The average Bonchev–Trinajstić information content (AvgIpc) is 2.90. The summed E-state index contributed by atoms with van der Waals surface area (Å²) >= 11 is 6.13. The molecule has 190 valence electrons. The molecule has 0 aliphatic heterocycles. The number of methoxy groups -OCH3 is 2. The lowest BCUT2D eigenvalue weighted by Gasteiger charge is -2.09. The predicted octanol–water partition coefficient (Wildman–Crippen LogP) is 5.84. The van der Waals surface area contributed by atoms with Crippen LogP contribution in [0.1, 0.15) is 31.1 Å². The highest BCUT2D eigenvalue weighted by Crippen LogP contribution is 2.23. The van der Waals surface area contributed by atoms with Gasteiger partial charge in [-0.05, 0) is 36.4 Å². The summed E-state index contributed by atoms with van der Waals surface area (Å²) in [5.41, 5.74) is 1.43. The monoisotopic (exact) mass is 591 g/mol. The van der Waals surface area contributed by atoms with Crippen molar-refractivity contribution in [2.24, 2.45) is 0 Å². The number of carboxylic acids is 1. The molecule has 0 unspecified atom stereocenters. The Bertz CT molecular complexity index is 1160. The maximum Gasteiger partial charge on any atom is 0.336 e. The van der Waals surface area contributed by atoms with Gasteiger partial charge in [0, 0.05) is 34.0 Å². The smallest absolute Gasteiger partial charge is 0.336 e. The minimum atomic E-state index is -0.904. The summed E-state index contributed by atoms with van der Waals surface area (Å²) in [4.78, 5) is 36.7. The Balaban J connectivity index is 0.000000297. The quantitative estimate of drug-likeness (QED) is 0.163. The molecule has 0 saturated heterocycles. The van der Waals surface area contributed by atoms with Crippen LogP contribution in [0.15, 0.2) is 87.1 Å². The van der Waals surface area contributed by atoms with Gasteiger partial charge in [0.25, 0.3) is 5.91 Å². The molecule has 0 aliphatic carbocycles. The summed E-state index contributed by atoms with van der Waals surface area (Å²) in [7, 11) is 3.18. The van der Waals surface area contributed by atoms with Crippen molar-refractivity contribution in [3.63, 3.8) is 0 Å². The molecule has 36 heavy (non-hydrogen) atoms. The van der Waals surface area contributed by atoms with E-state index < -0.39 is 5.97 Å². The second kappa shape index (κ2) is 16.2. The van der Waals surface area contributed by atoms with E-state index in [4.69, 9.17) is 14.6 Å². The van der Waals surface area contributed by atoms with Crippen LogP contribution in [-0.2, 0) is 9.47 Å². The first-order chi connectivity index (χ1) is 17.4. The van der Waals surface area contributed by atoms with Crippen molar-refractivity contribution in [1.29, 1.82) is 0 Å². The van der Waals surface area contributed by atoms with Gasteiger partial charge in [-0.1, -0.05) is 75.9 Å². The van der Waals surface area contributed by atoms with Gasteiger partial charge in [-0.15, -0.1) is 0 Å². The van der Waals surface area contributed by atoms with Crippen molar-refractivity contribution in [3.8, 4) is 0 Å². The predicted molar refractivity (Wildman–Crippen MR) is 146 cm³/mol. The number of amides is 1. The molecule has 10 heteroatoms. The first-order valence-electron chi connectivity index (χ1n) is 10.6. The number of hydrogen-bond acceptors (Lipinski definition) is 7. The largest absolute Gasteiger partial charge is 0.478 e. The normalized spacial score (nSPS) is 10.2. The van der Waals surface area contributed by atoms with Crippen LogP contribution < -0.4 is 5.32 Å². The number of ketones is 1. The van der Waals surface area contributed by atoms with E-state index in [1.165, 1.54) is 23.5 Å². The van der Waals surface area contributed by atoms with Crippen molar-refractivity contribution in [2.45, 2.75) is 9.79 Å². The highest BCUT2D eigenvalue weighted by molar-refractivity contribution is 9.10.